The normalized spacial score (nSPS) is 13.4. The highest BCUT2D eigenvalue weighted by Gasteiger charge is 2.39. The second-order valence-electron chi connectivity index (χ2n) is 8.32. The molecule has 3 nitrogen and oxygen atoms in total. The first-order valence-electron chi connectivity index (χ1n) is 9.32. The van der Waals surface area contributed by atoms with Gasteiger partial charge in [-0.05, 0) is 41.4 Å². The van der Waals surface area contributed by atoms with E-state index < -0.39 is 8.32 Å². The summed E-state index contributed by atoms with van der Waals surface area (Å²) in [5.41, 5.74) is 2.95. The Hall–Kier alpha value is -1.14. The Morgan fingerprint density at radius 3 is 2.30 bits per heavy atom. The van der Waals surface area contributed by atoms with Gasteiger partial charge in [-0.2, -0.15) is 0 Å². The number of rotatable bonds is 8. The van der Waals surface area contributed by atoms with Gasteiger partial charge in [-0.25, -0.2) is 0 Å². The SMILES string of the molecule is CC(C)(C)[Si](C)(C)O[C@H](CBr)c1ccc(OCc2ccccc2)c(CO)c1. The van der Waals surface area contributed by atoms with Crippen LogP contribution < -0.4 is 4.74 Å². The van der Waals surface area contributed by atoms with E-state index in [1.165, 1.54) is 0 Å². The zero-order valence-corrected chi connectivity index (χ0v) is 19.5. The molecule has 148 valence electrons. The molecule has 0 unspecified atom stereocenters. The number of ether oxygens (including phenoxy) is 1. The molecule has 2 aromatic carbocycles. The van der Waals surface area contributed by atoms with Gasteiger partial charge in [-0.15, -0.1) is 0 Å². The van der Waals surface area contributed by atoms with Gasteiger partial charge >= 0.3 is 0 Å². The second kappa shape index (κ2) is 9.37. The molecule has 0 radical (unpaired) electrons. The Morgan fingerprint density at radius 2 is 1.74 bits per heavy atom. The van der Waals surface area contributed by atoms with Gasteiger partial charge in [0.05, 0.1) is 12.7 Å². The van der Waals surface area contributed by atoms with Gasteiger partial charge < -0.3 is 14.3 Å². The van der Waals surface area contributed by atoms with Crippen LogP contribution in [0, 0.1) is 0 Å². The third-order valence-corrected chi connectivity index (χ3v) is 10.3. The third-order valence-electron chi connectivity index (χ3n) is 5.25. The van der Waals surface area contributed by atoms with Gasteiger partial charge in [-0.1, -0.05) is 73.1 Å². The summed E-state index contributed by atoms with van der Waals surface area (Å²) in [7, 11) is -1.90. The summed E-state index contributed by atoms with van der Waals surface area (Å²) in [5, 5.41) is 10.7. The van der Waals surface area contributed by atoms with Crippen LogP contribution >= 0.6 is 15.9 Å². The molecule has 0 fully saturated rings. The molecule has 2 aromatic rings. The molecule has 0 aliphatic heterocycles. The van der Waals surface area contributed by atoms with Crippen LogP contribution in [0.15, 0.2) is 48.5 Å². The lowest BCUT2D eigenvalue weighted by Crippen LogP contribution is -2.42. The van der Waals surface area contributed by atoms with Gasteiger partial charge in [0.15, 0.2) is 8.32 Å². The van der Waals surface area contributed by atoms with Gasteiger partial charge in [0.2, 0.25) is 0 Å². The minimum Gasteiger partial charge on any atom is -0.489 e. The van der Waals surface area contributed by atoms with Crippen molar-refractivity contribution in [1.29, 1.82) is 0 Å². The van der Waals surface area contributed by atoms with Crippen LogP contribution in [0.2, 0.25) is 18.1 Å². The highest BCUT2D eigenvalue weighted by atomic mass is 79.9. The monoisotopic (exact) mass is 450 g/mol. The molecule has 0 heterocycles. The van der Waals surface area contributed by atoms with E-state index in [-0.39, 0.29) is 17.7 Å². The maximum absolute atomic E-state index is 9.83. The number of halogens is 1. The number of aliphatic hydroxyl groups excluding tert-OH is 1. The van der Waals surface area contributed by atoms with E-state index in [2.05, 4.69) is 49.8 Å². The van der Waals surface area contributed by atoms with Crippen LogP contribution in [0.5, 0.6) is 5.75 Å². The predicted octanol–water partition coefficient (Wildman–Crippen LogP) is 6.22. The van der Waals surface area contributed by atoms with Crippen molar-refractivity contribution < 1.29 is 14.3 Å². The van der Waals surface area contributed by atoms with E-state index in [4.69, 9.17) is 9.16 Å². The van der Waals surface area contributed by atoms with Gasteiger partial charge in [0, 0.05) is 10.9 Å². The Balaban J connectivity index is 2.17. The fourth-order valence-corrected chi connectivity index (χ4v) is 4.55. The van der Waals surface area contributed by atoms with Gasteiger partial charge in [0.25, 0.3) is 0 Å². The molecule has 0 aromatic heterocycles. The highest BCUT2D eigenvalue weighted by Crippen LogP contribution is 2.40. The van der Waals surface area contributed by atoms with E-state index in [0.29, 0.717) is 17.7 Å². The summed E-state index contributed by atoms with van der Waals surface area (Å²) in [5.74, 6) is 0.714. The molecule has 0 spiro atoms. The molecular weight excluding hydrogens is 420 g/mol. The van der Waals surface area contributed by atoms with Gasteiger partial charge in [-0.3, -0.25) is 0 Å². The summed E-state index contributed by atoms with van der Waals surface area (Å²) in [4.78, 5) is 0. The molecule has 1 atom stereocenters. The van der Waals surface area contributed by atoms with Crippen molar-refractivity contribution >= 4 is 24.2 Å². The van der Waals surface area contributed by atoms with E-state index >= 15 is 0 Å². The van der Waals surface area contributed by atoms with Crippen LogP contribution in [0.4, 0.5) is 0 Å². The first-order chi connectivity index (χ1) is 12.7. The maximum atomic E-state index is 9.83. The number of hydrogen-bond donors (Lipinski definition) is 1. The van der Waals surface area contributed by atoms with Crippen molar-refractivity contribution in [3.8, 4) is 5.75 Å². The molecule has 0 saturated carbocycles. The third kappa shape index (κ3) is 5.91. The number of aliphatic hydroxyl groups is 1. The average molecular weight is 451 g/mol. The Bertz CT molecular complexity index is 726. The van der Waals surface area contributed by atoms with Crippen molar-refractivity contribution in [3.05, 3.63) is 65.2 Å². The van der Waals surface area contributed by atoms with E-state index in [0.717, 1.165) is 16.7 Å². The largest absolute Gasteiger partial charge is 0.489 e. The topological polar surface area (TPSA) is 38.7 Å². The smallest absolute Gasteiger partial charge is 0.192 e. The van der Waals surface area contributed by atoms with Crippen molar-refractivity contribution in [2.45, 2.75) is 58.2 Å². The lowest BCUT2D eigenvalue weighted by Gasteiger charge is -2.39. The van der Waals surface area contributed by atoms with E-state index in [1.807, 2.05) is 48.5 Å². The van der Waals surface area contributed by atoms with Crippen molar-refractivity contribution in [3.63, 3.8) is 0 Å². The van der Waals surface area contributed by atoms with Gasteiger partial charge in [0.1, 0.15) is 12.4 Å². The van der Waals surface area contributed by atoms with Crippen molar-refractivity contribution in [2.24, 2.45) is 0 Å². The minimum absolute atomic E-state index is 0.0423. The molecule has 2 rings (SSSR count). The molecule has 0 bridgehead atoms. The lowest BCUT2D eigenvalue weighted by atomic mass is 10.1. The van der Waals surface area contributed by atoms with Crippen molar-refractivity contribution in [2.75, 3.05) is 5.33 Å². The Kier molecular flexibility index (Phi) is 7.69. The second-order valence-corrected chi connectivity index (χ2v) is 13.7. The first-order valence-corrected chi connectivity index (χ1v) is 13.3. The quantitative estimate of drug-likeness (QED) is 0.383. The number of alkyl halides is 1. The lowest BCUT2D eigenvalue weighted by molar-refractivity contribution is 0.207. The summed E-state index contributed by atoms with van der Waals surface area (Å²) in [6, 6.07) is 16.0. The zero-order valence-electron chi connectivity index (χ0n) is 17.0. The minimum atomic E-state index is -1.90. The first kappa shape index (κ1) is 22.1. The molecule has 0 aliphatic carbocycles. The Labute approximate surface area is 173 Å². The van der Waals surface area contributed by atoms with Crippen LogP contribution in [0.25, 0.3) is 0 Å². The van der Waals surface area contributed by atoms with Crippen LogP contribution in [0.3, 0.4) is 0 Å². The summed E-state index contributed by atoms with van der Waals surface area (Å²) in [6.07, 6.45) is -0.0423. The summed E-state index contributed by atoms with van der Waals surface area (Å²) < 4.78 is 12.5. The summed E-state index contributed by atoms with van der Waals surface area (Å²) >= 11 is 3.60. The molecule has 0 saturated heterocycles. The number of benzene rings is 2. The van der Waals surface area contributed by atoms with E-state index in [9.17, 15) is 5.11 Å². The fraction of sp³-hybridized carbons (Fsp3) is 0.455. The predicted molar refractivity (Wildman–Crippen MR) is 118 cm³/mol. The standard InChI is InChI=1S/C22H31BrO3Si/c1-22(2,3)27(4,5)26-21(14-23)18-11-12-20(19(13-18)15-24)25-16-17-9-7-6-8-10-17/h6-13,21,24H,14-16H2,1-5H3/t21-/m1/s1. The average Bonchev–Trinajstić information content (AvgIpc) is 2.64. The molecule has 5 heteroatoms. The van der Waals surface area contributed by atoms with Crippen molar-refractivity contribution in [1.82, 2.24) is 0 Å². The number of hydrogen-bond acceptors (Lipinski definition) is 3. The van der Waals surface area contributed by atoms with Crippen LogP contribution in [-0.2, 0) is 17.6 Å². The zero-order chi connectivity index (χ0) is 20.1. The highest BCUT2D eigenvalue weighted by molar-refractivity contribution is 9.09. The molecule has 0 aliphatic rings. The maximum Gasteiger partial charge on any atom is 0.192 e. The molecular formula is C22H31BrO3Si. The molecule has 1 N–H and O–H groups in total. The van der Waals surface area contributed by atoms with Crippen LogP contribution in [-0.4, -0.2) is 18.8 Å². The van der Waals surface area contributed by atoms with E-state index in [1.54, 1.807) is 0 Å². The summed E-state index contributed by atoms with van der Waals surface area (Å²) in [6.45, 7) is 11.7. The fourth-order valence-electron chi connectivity index (χ4n) is 2.52. The molecule has 0 amide bonds. The van der Waals surface area contributed by atoms with Crippen LogP contribution in [0.1, 0.15) is 43.6 Å². The molecule has 27 heavy (non-hydrogen) atoms. The Morgan fingerprint density at radius 1 is 1.07 bits per heavy atom.